The van der Waals surface area contributed by atoms with E-state index >= 15 is 0 Å². The zero-order valence-electron chi connectivity index (χ0n) is 19.8. The second kappa shape index (κ2) is 9.58. The Morgan fingerprint density at radius 3 is 2.34 bits per heavy atom. The third-order valence-corrected chi connectivity index (χ3v) is 6.14. The minimum atomic E-state index is -1.33. The Balaban J connectivity index is 1.47. The van der Waals surface area contributed by atoms with Crippen molar-refractivity contribution in [2.24, 2.45) is 0 Å². The third-order valence-electron chi connectivity index (χ3n) is 5.61. The van der Waals surface area contributed by atoms with Crippen molar-refractivity contribution < 1.29 is 28.9 Å². The van der Waals surface area contributed by atoms with Gasteiger partial charge in [-0.25, -0.2) is 4.79 Å². The molecule has 3 aromatic carbocycles. The summed E-state index contributed by atoms with van der Waals surface area (Å²) in [5.41, 5.74) is 2.58. The summed E-state index contributed by atoms with van der Waals surface area (Å²) >= 11 is 3.40. The molecule has 1 N–H and O–H groups in total. The van der Waals surface area contributed by atoms with Crippen molar-refractivity contribution in [3.63, 3.8) is 0 Å². The van der Waals surface area contributed by atoms with Crippen LogP contribution in [0.4, 0.5) is 0 Å². The fraction of sp³-hybridized carbons (Fsp3) is 0.214. The van der Waals surface area contributed by atoms with Gasteiger partial charge in [-0.05, 0) is 92.4 Å². The molecular formula is C28H25BrO6. The maximum atomic E-state index is 12.7. The van der Waals surface area contributed by atoms with Gasteiger partial charge in [0.25, 0.3) is 0 Å². The number of Topliss-reactive ketones (excluding diaryl/α,β-unsaturated/α-hetero) is 1. The third kappa shape index (κ3) is 5.41. The predicted molar refractivity (Wildman–Crippen MR) is 136 cm³/mol. The SMILES string of the molecule is Cc1cc(COc2ccc3c(c2)O/C(=C\c2ccc(Br)cc2)C3=O)cc(C)c1OC(C)(C)C(=O)O. The van der Waals surface area contributed by atoms with Crippen molar-refractivity contribution in [3.8, 4) is 17.2 Å². The average Bonchev–Trinajstić information content (AvgIpc) is 3.11. The fourth-order valence-electron chi connectivity index (χ4n) is 3.72. The molecule has 0 saturated carbocycles. The molecule has 0 aromatic heterocycles. The lowest BCUT2D eigenvalue weighted by Gasteiger charge is -2.24. The van der Waals surface area contributed by atoms with E-state index in [1.165, 1.54) is 13.8 Å². The van der Waals surface area contributed by atoms with Crippen molar-refractivity contribution in [1.82, 2.24) is 0 Å². The number of aliphatic carboxylic acids is 1. The van der Waals surface area contributed by atoms with Crippen LogP contribution in [0.5, 0.6) is 17.2 Å². The quantitative estimate of drug-likeness (QED) is 0.347. The number of carbonyl (C=O) groups excluding carboxylic acids is 1. The summed E-state index contributed by atoms with van der Waals surface area (Å²) in [6.45, 7) is 7.07. The number of ketones is 1. The molecule has 180 valence electrons. The highest BCUT2D eigenvalue weighted by atomic mass is 79.9. The Morgan fingerprint density at radius 1 is 1.06 bits per heavy atom. The summed E-state index contributed by atoms with van der Waals surface area (Å²) in [5.74, 6) is 0.657. The topological polar surface area (TPSA) is 82.1 Å². The van der Waals surface area contributed by atoms with Gasteiger partial charge >= 0.3 is 5.97 Å². The lowest BCUT2D eigenvalue weighted by Crippen LogP contribution is -2.38. The van der Waals surface area contributed by atoms with Crippen LogP contribution >= 0.6 is 15.9 Å². The highest BCUT2D eigenvalue weighted by molar-refractivity contribution is 9.10. The van der Waals surface area contributed by atoms with Crippen LogP contribution in [0.3, 0.4) is 0 Å². The van der Waals surface area contributed by atoms with Crippen molar-refractivity contribution >= 4 is 33.8 Å². The Bertz CT molecular complexity index is 1320. The number of hydrogen-bond donors (Lipinski definition) is 1. The summed E-state index contributed by atoms with van der Waals surface area (Å²) in [7, 11) is 0. The predicted octanol–water partition coefficient (Wildman–Crippen LogP) is 6.50. The van der Waals surface area contributed by atoms with Crippen LogP contribution in [0.25, 0.3) is 6.08 Å². The molecule has 0 atom stereocenters. The van der Waals surface area contributed by atoms with Crippen molar-refractivity contribution in [2.75, 3.05) is 0 Å². The van der Waals surface area contributed by atoms with Crippen LogP contribution in [0.15, 0.2) is 64.8 Å². The molecule has 1 aliphatic rings. The first-order valence-electron chi connectivity index (χ1n) is 11.0. The lowest BCUT2D eigenvalue weighted by atomic mass is 10.0. The van der Waals surface area contributed by atoms with E-state index in [0.717, 1.165) is 26.7 Å². The van der Waals surface area contributed by atoms with E-state index in [1.54, 1.807) is 24.3 Å². The average molecular weight is 537 g/mol. The van der Waals surface area contributed by atoms with Gasteiger partial charge in [-0.1, -0.05) is 28.1 Å². The van der Waals surface area contributed by atoms with Gasteiger partial charge in [0.05, 0.1) is 5.56 Å². The number of carbonyl (C=O) groups is 2. The first-order valence-corrected chi connectivity index (χ1v) is 11.8. The van der Waals surface area contributed by atoms with Gasteiger partial charge in [0.15, 0.2) is 11.4 Å². The van der Waals surface area contributed by atoms with Crippen molar-refractivity contribution in [1.29, 1.82) is 0 Å². The Kier molecular flexibility index (Phi) is 6.72. The normalized spacial score (nSPS) is 14.0. The van der Waals surface area contributed by atoms with Crippen LogP contribution in [0.1, 0.15) is 46.5 Å². The molecule has 1 heterocycles. The number of aryl methyl sites for hydroxylation is 2. The molecule has 0 radical (unpaired) electrons. The molecule has 35 heavy (non-hydrogen) atoms. The number of ether oxygens (including phenoxy) is 3. The maximum absolute atomic E-state index is 12.7. The highest BCUT2D eigenvalue weighted by Crippen LogP contribution is 2.35. The van der Waals surface area contributed by atoms with Gasteiger partial charge in [0, 0.05) is 10.5 Å². The standard InChI is InChI=1S/C28H25BrO6/c1-16-11-19(12-17(2)26(16)35-28(3,4)27(31)32)15-33-21-9-10-22-23(14-21)34-24(25(22)30)13-18-5-7-20(29)8-6-18/h5-14H,15H2,1-4H3,(H,31,32)/b24-13-. The minimum absolute atomic E-state index is 0.166. The molecular weight excluding hydrogens is 512 g/mol. The number of allylic oxidation sites excluding steroid dienone is 1. The molecule has 0 bridgehead atoms. The molecule has 1 aliphatic heterocycles. The zero-order chi connectivity index (χ0) is 25.3. The largest absolute Gasteiger partial charge is 0.489 e. The molecule has 6 nitrogen and oxygen atoms in total. The Labute approximate surface area is 212 Å². The molecule has 3 aromatic rings. The molecule has 0 amide bonds. The summed E-state index contributed by atoms with van der Waals surface area (Å²) in [5, 5.41) is 9.35. The van der Waals surface area contributed by atoms with E-state index < -0.39 is 11.6 Å². The van der Waals surface area contributed by atoms with E-state index in [-0.39, 0.29) is 11.5 Å². The highest BCUT2D eigenvalue weighted by Gasteiger charge is 2.31. The number of fused-ring (bicyclic) bond motifs is 1. The number of benzene rings is 3. The van der Waals surface area contributed by atoms with Gasteiger partial charge in [-0.3, -0.25) is 4.79 Å². The van der Waals surface area contributed by atoms with Gasteiger partial charge in [-0.15, -0.1) is 0 Å². The number of hydrogen-bond acceptors (Lipinski definition) is 5. The van der Waals surface area contributed by atoms with Gasteiger partial charge in [0.1, 0.15) is 23.9 Å². The Hall–Kier alpha value is -3.58. The van der Waals surface area contributed by atoms with E-state index in [2.05, 4.69) is 15.9 Å². The van der Waals surface area contributed by atoms with Crippen LogP contribution in [0, 0.1) is 13.8 Å². The van der Waals surface area contributed by atoms with Crippen molar-refractivity contribution in [3.05, 3.63) is 92.6 Å². The molecule has 0 fully saturated rings. The summed E-state index contributed by atoms with van der Waals surface area (Å²) < 4.78 is 18.5. The summed E-state index contributed by atoms with van der Waals surface area (Å²) in [6, 6.07) is 16.6. The van der Waals surface area contributed by atoms with Crippen molar-refractivity contribution in [2.45, 2.75) is 39.9 Å². The molecule has 4 rings (SSSR count). The van der Waals surface area contributed by atoms with E-state index in [9.17, 15) is 14.7 Å². The minimum Gasteiger partial charge on any atom is -0.489 e. The number of rotatable bonds is 7. The number of carboxylic acids is 1. The van der Waals surface area contributed by atoms with E-state index in [4.69, 9.17) is 14.2 Å². The summed E-state index contributed by atoms with van der Waals surface area (Å²) in [4.78, 5) is 24.1. The smallest absolute Gasteiger partial charge is 0.347 e. The maximum Gasteiger partial charge on any atom is 0.347 e. The Morgan fingerprint density at radius 2 is 1.71 bits per heavy atom. The van der Waals surface area contributed by atoms with Crippen LogP contribution < -0.4 is 14.2 Å². The lowest BCUT2D eigenvalue weighted by molar-refractivity contribution is -0.152. The van der Waals surface area contributed by atoms with Crippen LogP contribution in [-0.4, -0.2) is 22.5 Å². The first-order chi connectivity index (χ1) is 16.5. The zero-order valence-corrected chi connectivity index (χ0v) is 21.4. The molecule has 0 spiro atoms. The molecule has 7 heteroatoms. The number of halogens is 1. The van der Waals surface area contributed by atoms with Crippen LogP contribution in [-0.2, 0) is 11.4 Å². The van der Waals surface area contributed by atoms with Gasteiger partial charge in [0.2, 0.25) is 5.78 Å². The van der Waals surface area contributed by atoms with Gasteiger partial charge < -0.3 is 19.3 Å². The second-order valence-corrected chi connectivity index (χ2v) is 9.83. The summed E-state index contributed by atoms with van der Waals surface area (Å²) in [6.07, 6.45) is 1.72. The molecule has 0 aliphatic carbocycles. The van der Waals surface area contributed by atoms with E-state index in [0.29, 0.717) is 29.4 Å². The van der Waals surface area contributed by atoms with Gasteiger partial charge in [-0.2, -0.15) is 0 Å². The van der Waals surface area contributed by atoms with Crippen LogP contribution in [0.2, 0.25) is 0 Å². The fourth-order valence-corrected chi connectivity index (χ4v) is 3.98. The monoisotopic (exact) mass is 536 g/mol. The first kappa shape index (κ1) is 24.5. The second-order valence-electron chi connectivity index (χ2n) is 8.91. The number of carboxylic acid groups (broad SMARTS) is 1. The molecule has 0 saturated heterocycles. The van der Waals surface area contributed by atoms with E-state index in [1.807, 2.05) is 50.2 Å². The molecule has 0 unspecified atom stereocenters.